The minimum Gasteiger partial charge on any atom is -0.460 e. The van der Waals surface area contributed by atoms with Crippen LogP contribution in [0.5, 0.6) is 0 Å². The van der Waals surface area contributed by atoms with Gasteiger partial charge in [-0.15, -0.1) is 0 Å². The van der Waals surface area contributed by atoms with Crippen molar-refractivity contribution in [3.63, 3.8) is 0 Å². The van der Waals surface area contributed by atoms with Crippen molar-refractivity contribution in [2.75, 3.05) is 26.4 Å². The number of carbonyl (C=O) groups excluding carboxylic acids is 2. The highest BCUT2D eigenvalue weighted by Crippen LogP contribution is 2.08. The van der Waals surface area contributed by atoms with E-state index in [1.165, 1.54) is 0 Å². The number of aliphatic hydroxyl groups excluding tert-OH is 1. The SMILES string of the molecule is O=C(C=CC(=O)OCC1CO1)OCCO. The van der Waals surface area contributed by atoms with Crippen molar-refractivity contribution in [2.24, 2.45) is 0 Å². The summed E-state index contributed by atoms with van der Waals surface area (Å²) in [5.41, 5.74) is 0. The Labute approximate surface area is 86.4 Å². The summed E-state index contributed by atoms with van der Waals surface area (Å²) in [6.07, 6.45) is 1.93. The van der Waals surface area contributed by atoms with E-state index in [4.69, 9.17) is 14.6 Å². The molecule has 0 amide bonds. The minimum absolute atomic E-state index is 0.00342. The molecule has 6 heteroatoms. The molecule has 0 aromatic heterocycles. The Hall–Kier alpha value is -1.40. The number of rotatable bonds is 6. The second-order valence-electron chi connectivity index (χ2n) is 2.81. The number of esters is 2. The summed E-state index contributed by atoms with van der Waals surface area (Å²) >= 11 is 0. The highest BCUT2D eigenvalue weighted by Gasteiger charge is 2.23. The van der Waals surface area contributed by atoms with Crippen LogP contribution >= 0.6 is 0 Å². The van der Waals surface area contributed by atoms with Crippen LogP contribution in [-0.4, -0.2) is 49.6 Å². The molecule has 0 spiro atoms. The lowest BCUT2D eigenvalue weighted by Gasteiger charge is -1.98. The zero-order valence-electron chi connectivity index (χ0n) is 8.05. The van der Waals surface area contributed by atoms with Crippen molar-refractivity contribution in [3.8, 4) is 0 Å². The monoisotopic (exact) mass is 216 g/mol. The summed E-state index contributed by atoms with van der Waals surface area (Å²) in [4.78, 5) is 21.7. The van der Waals surface area contributed by atoms with Gasteiger partial charge in [-0.05, 0) is 0 Å². The van der Waals surface area contributed by atoms with Crippen molar-refractivity contribution < 1.29 is 28.9 Å². The van der Waals surface area contributed by atoms with E-state index in [1.807, 2.05) is 0 Å². The van der Waals surface area contributed by atoms with Crippen molar-refractivity contribution in [2.45, 2.75) is 6.10 Å². The lowest BCUT2D eigenvalue weighted by Crippen LogP contribution is -2.09. The van der Waals surface area contributed by atoms with Crippen LogP contribution in [0.4, 0.5) is 0 Å². The average molecular weight is 216 g/mol. The molecule has 1 heterocycles. The topological polar surface area (TPSA) is 85.4 Å². The van der Waals surface area contributed by atoms with Crippen LogP contribution in [0.2, 0.25) is 0 Å². The molecule has 84 valence electrons. The zero-order valence-corrected chi connectivity index (χ0v) is 8.05. The maximum absolute atomic E-state index is 10.9. The molecule has 1 rings (SSSR count). The molecule has 15 heavy (non-hydrogen) atoms. The normalized spacial score (nSPS) is 18.9. The maximum Gasteiger partial charge on any atom is 0.331 e. The van der Waals surface area contributed by atoms with Gasteiger partial charge in [0.25, 0.3) is 0 Å². The molecule has 1 N–H and O–H groups in total. The fourth-order valence-corrected chi connectivity index (χ4v) is 0.718. The summed E-state index contributed by atoms with van der Waals surface area (Å²) in [5.74, 6) is -1.31. The Morgan fingerprint density at radius 3 is 2.47 bits per heavy atom. The fourth-order valence-electron chi connectivity index (χ4n) is 0.718. The first kappa shape index (κ1) is 11.7. The molecule has 0 aliphatic carbocycles. The number of ether oxygens (including phenoxy) is 3. The number of epoxide rings is 1. The average Bonchev–Trinajstić information content (AvgIpc) is 3.04. The van der Waals surface area contributed by atoms with Gasteiger partial charge in [0.05, 0.1) is 13.2 Å². The molecule has 0 bridgehead atoms. The zero-order chi connectivity index (χ0) is 11.1. The molecule has 0 aromatic carbocycles. The molecule has 1 fully saturated rings. The second-order valence-corrected chi connectivity index (χ2v) is 2.81. The van der Waals surface area contributed by atoms with Gasteiger partial charge >= 0.3 is 11.9 Å². The minimum atomic E-state index is -0.691. The van der Waals surface area contributed by atoms with Gasteiger partial charge in [-0.25, -0.2) is 9.59 Å². The first-order valence-electron chi connectivity index (χ1n) is 4.46. The van der Waals surface area contributed by atoms with E-state index in [2.05, 4.69) is 4.74 Å². The molecular weight excluding hydrogens is 204 g/mol. The Balaban J connectivity index is 2.11. The van der Waals surface area contributed by atoms with E-state index in [0.717, 1.165) is 12.2 Å². The van der Waals surface area contributed by atoms with Gasteiger partial charge in [-0.3, -0.25) is 0 Å². The maximum atomic E-state index is 10.9. The quantitative estimate of drug-likeness (QED) is 0.349. The summed E-state index contributed by atoms with van der Waals surface area (Å²) < 4.78 is 14.0. The molecule has 0 aromatic rings. The lowest BCUT2D eigenvalue weighted by molar-refractivity contribution is -0.141. The molecule has 0 radical (unpaired) electrons. The van der Waals surface area contributed by atoms with E-state index in [1.54, 1.807) is 0 Å². The number of carbonyl (C=O) groups is 2. The molecular formula is C9H12O6. The summed E-state index contributed by atoms with van der Waals surface area (Å²) in [5, 5.41) is 8.34. The molecule has 1 unspecified atom stereocenters. The molecule has 0 saturated carbocycles. The first-order valence-corrected chi connectivity index (χ1v) is 4.46. The van der Waals surface area contributed by atoms with E-state index in [9.17, 15) is 9.59 Å². The van der Waals surface area contributed by atoms with Gasteiger partial charge in [0.15, 0.2) is 0 Å². The third-order valence-corrected chi connectivity index (χ3v) is 1.50. The standard InChI is InChI=1S/C9H12O6/c10-3-4-13-8(11)1-2-9(12)15-6-7-5-14-7/h1-2,7,10H,3-6H2. The second kappa shape index (κ2) is 6.15. The van der Waals surface area contributed by atoms with Crippen molar-refractivity contribution in [1.82, 2.24) is 0 Å². The van der Waals surface area contributed by atoms with Gasteiger partial charge in [-0.2, -0.15) is 0 Å². The molecule has 1 aliphatic heterocycles. The van der Waals surface area contributed by atoms with Crippen LogP contribution in [0.1, 0.15) is 0 Å². The van der Waals surface area contributed by atoms with Gasteiger partial charge in [-0.1, -0.05) is 0 Å². The third kappa shape index (κ3) is 5.82. The predicted molar refractivity (Wildman–Crippen MR) is 47.9 cm³/mol. The van der Waals surface area contributed by atoms with Crippen LogP contribution in [0, 0.1) is 0 Å². The fraction of sp³-hybridized carbons (Fsp3) is 0.556. The van der Waals surface area contributed by atoms with Crippen LogP contribution in [-0.2, 0) is 23.8 Å². The van der Waals surface area contributed by atoms with Crippen LogP contribution in [0.25, 0.3) is 0 Å². The Bertz CT molecular complexity index is 255. The van der Waals surface area contributed by atoms with Gasteiger partial charge < -0.3 is 19.3 Å². The van der Waals surface area contributed by atoms with Crippen LogP contribution < -0.4 is 0 Å². The summed E-state index contributed by atoms with van der Waals surface area (Å²) in [6.45, 7) is 0.474. The Morgan fingerprint density at radius 2 is 1.93 bits per heavy atom. The van der Waals surface area contributed by atoms with Crippen LogP contribution in [0.3, 0.4) is 0 Å². The molecule has 1 atom stereocenters. The van der Waals surface area contributed by atoms with Crippen LogP contribution in [0.15, 0.2) is 12.2 Å². The lowest BCUT2D eigenvalue weighted by atomic mass is 10.5. The number of aliphatic hydroxyl groups is 1. The van der Waals surface area contributed by atoms with Gasteiger partial charge in [0.2, 0.25) is 0 Å². The van der Waals surface area contributed by atoms with Crippen molar-refractivity contribution in [1.29, 1.82) is 0 Å². The first-order chi connectivity index (χ1) is 7.22. The van der Waals surface area contributed by atoms with Crippen molar-refractivity contribution in [3.05, 3.63) is 12.2 Å². The largest absolute Gasteiger partial charge is 0.460 e. The number of hydrogen-bond acceptors (Lipinski definition) is 6. The van der Waals surface area contributed by atoms with E-state index in [0.29, 0.717) is 6.61 Å². The highest BCUT2D eigenvalue weighted by molar-refractivity contribution is 5.91. The molecule has 1 saturated heterocycles. The van der Waals surface area contributed by atoms with E-state index in [-0.39, 0.29) is 25.9 Å². The van der Waals surface area contributed by atoms with E-state index >= 15 is 0 Å². The molecule has 6 nitrogen and oxygen atoms in total. The summed E-state index contributed by atoms with van der Waals surface area (Å²) in [7, 11) is 0. The summed E-state index contributed by atoms with van der Waals surface area (Å²) in [6, 6.07) is 0. The Morgan fingerprint density at radius 1 is 1.33 bits per heavy atom. The molecule has 1 aliphatic rings. The van der Waals surface area contributed by atoms with E-state index < -0.39 is 11.9 Å². The number of hydrogen-bond donors (Lipinski definition) is 1. The third-order valence-electron chi connectivity index (χ3n) is 1.50. The predicted octanol–water partition coefficient (Wildman–Crippen LogP) is -0.980. The highest BCUT2D eigenvalue weighted by atomic mass is 16.6. The smallest absolute Gasteiger partial charge is 0.331 e. The van der Waals surface area contributed by atoms with Gasteiger partial charge in [0, 0.05) is 12.2 Å². The van der Waals surface area contributed by atoms with Gasteiger partial charge in [0.1, 0.15) is 19.3 Å². The Kier molecular flexibility index (Phi) is 4.79. The van der Waals surface area contributed by atoms with Crippen molar-refractivity contribution >= 4 is 11.9 Å².